The number of carbonyl (C=O) groups excluding carboxylic acids is 1. The number of anilines is 1. The highest BCUT2D eigenvalue weighted by Gasteiger charge is 2.42. The Bertz CT molecular complexity index is 1530. The molecule has 0 spiro atoms. The summed E-state index contributed by atoms with van der Waals surface area (Å²) in [6.45, 7) is 0. The second kappa shape index (κ2) is 8.18. The van der Waals surface area contributed by atoms with Gasteiger partial charge in [0.05, 0.1) is 34.8 Å². The largest absolute Gasteiger partial charge is 0.420 e. The van der Waals surface area contributed by atoms with E-state index in [1.807, 2.05) is 0 Å². The van der Waals surface area contributed by atoms with Gasteiger partial charge >= 0.3 is 6.18 Å². The van der Waals surface area contributed by atoms with Gasteiger partial charge in [-0.15, -0.1) is 4.80 Å². The number of hydrogen-bond acceptors (Lipinski definition) is 7. The van der Waals surface area contributed by atoms with Crippen LogP contribution in [0.3, 0.4) is 0 Å². The first-order valence-corrected chi connectivity index (χ1v) is 10.8. The second-order valence-corrected chi connectivity index (χ2v) is 8.08. The van der Waals surface area contributed by atoms with E-state index in [1.54, 1.807) is 17.5 Å². The Morgan fingerprint density at radius 3 is 2.68 bits per heavy atom. The van der Waals surface area contributed by atoms with Gasteiger partial charge in [-0.3, -0.25) is 9.48 Å². The van der Waals surface area contributed by atoms with Crippen LogP contribution in [0.25, 0.3) is 28.0 Å². The third-order valence-electron chi connectivity index (χ3n) is 4.89. The Hall–Kier alpha value is -3.84. The SMILES string of the molecule is Cn1nc(-c2cccc3nscc23)c(C(F)(F)F)c1C(=O)Nc1cnc(-n2nccn2)c(Cl)c1. The van der Waals surface area contributed by atoms with Crippen LogP contribution in [0, 0.1) is 0 Å². The normalized spacial score (nSPS) is 11.8. The summed E-state index contributed by atoms with van der Waals surface area (Å²) in [5.74, 6) is -0.826. The highest BCUT2D eigenvalue weighted by molar-refractivity contribution is 7.04. The summed E-state index contributed by atoms with van der Waals surface area (Å²) in [6.07, 6.45) is -0.754. The van der Waals surface area contributed by atoms with E-state index < -0.39 is 23.3 Å². The van der Waals surface area contributed by atoms with Crippen molar-refractivity contribution in [2.24, 2.45) is 7.05 Å². The first-order chi connectivity index (χ1) is 16.2. The molecule has 0 saturated heterocycles. The Kier molecular flexibility index (Phi) is 5.29. The topological polar surface area (TPSA) is 103 Å². The van der Waals surface area contributed by atoms with Gasteiger partial charge in [-0.05, 0) is 23.7 Å². The zero-order valence-electron chi connectivity index (χ0n) is 17.1. The molecule has 1 amide bonds. The quantitative estimate of drug-likeness (QED) is 0.384. The van der Waals surface area contributed by atoms with Crippen LogP contribution in [0.15, 0.2) is 48.2 Å². The number of nitrogens with zero attached hydrogens (tertiary/aromatic N) is 7. The molecule has 0 aliphatic heterocycles. The summed E-state index contributed by atoms with van der Waals surface area (Å²) in [5, 5.41) is 16.6. The Labute approximate surface area is 198 Å². The number of carbonyl (C=O) groups is 1. The minimum atomic E-state index is -4.85. The maximum atomic E-state index is 14.2. The average molecular weight is 505 g/mol. The highest BCUT2D eigenvalue weighted by Crippen LogP contribution is 2.41. The number of alkyl halides is 3. The number of halogens is 4. The Morgan fingerprint density at radius 1 is 1.21 bits per heavy atom. The van der Waals surface area contributed by atoms with Crippen molar-refractivity contribution >= 4 is 45.6 Å². The summed E-state index contributed by atoms with van der Waals surface area (Å²) in [4.78, 5) is 18.3. The van der Waals surface area contributed by atoms with Gasteiger partial charge in [0.1, 0.15) is 17.0 Å². The zero-order valence-corrected chi connectivity index (χ0v) is 18.7. The van der Waals surface area contributed by atoms with Crippen molar-refractivity contribution in [3.05, 3.63) is 64.5 Å². The lowest BCUT2D eigenvalue weighted by atomic mass is 10.0. The van der Waals surface area contributed by atoms with Gasteiger partial charge in [0.15, 0.2) is 5.82 Å². The molecule has 5 aromatic rings. The van der Waals surface area contributed by atoms with E-state index in [4.69, 9.17) is 11.6 Å². The molecule has 0 atom stereocenters. The minimum absolute atomic E-state index is 0.0888. The lowest BCUT2D eigenvalue weighted by Crippen LogP contribution is -2.21. The van der Waals surface area contributed by atoms with Crippen LogP contribution in [-0.2, 0) is 13.2 Å². The molecule has 0 aliphatic carbocycles. The minimum Gasteiger partial charge on any atom is -0.319 e. The maximum absolute atomic E-state index is 14.2. The molecule has 0 fully saturated rings. The van der Waals surface area contributed by atoms with Crippen molar-refractivity contribution in [3.8, 4) is 17.1 Å². The van der Waals surface area contributed by atoms with Gasteiger partial charge < -0.3 is 5.32 Å². The van der Waals surface area contributed by atoms with Gasteiger partial charge in [0.25, 0.3) is 5.91 Å². The maximum Gasteiger partial charge on any atom is 0.420 e. The third-order valence-corrected chi connectivity index (χ3v) is 5.81. The fourth-order valence-electron chi connectivity index (χ4n) is 3.50. The smallest absolute Gasteiger partial charge is 0.319 e. The lowest BCUT2D eigenvalue weighted by molar-refractivity contribution is -0.137. The van der Waals surface area contributed by atoms with Crippen molar-refractivity contribution in [3.63, 3.8) is 0 Å². The predicted octanol–water partition coefficient (Wildman–Crippen LogP) is 4.60. The molecule has 5 rings (SSSR count). The first-order valence-electron chi connectivity index (χ1n) is 9.55. The average Bonchev–Trinajstić information content (AvgIpc) is 3.52. The molecular formula is C20H12ClF3N8OS. The van der Waals surface area contributed by atoms with E-state index in [2.05, 4.69) is 30.0 Å². The lowest BCUT2D eigenvalue weighted by Gasteiger charge is -2.12. The predicted molar refractivity (Wildman–Crippen MR) is 119 cm³/mol. The van der Waals surface area contributed by atoms with Gasteiger partial charge in [-0.2, -0.15) is 32.8 Å². The number of pyridine rings is 1. The number of rotatable bonds is 4. The van der Waals surface area contributed by atoms with E-state index >= 15 is 0 Å². The molecule has 34 heavy (non-hydrogen) atoms. The van der Waals surface area contributed by atoms with Crippen LogP contribution >= 0.6 is 23.1 Å². The molecule has 0 radical (unpaired) electrons. The number of benzene rings is 1. The summed E-state index contributed by atoms with van der Waals surface area (Å²) in [7, 11) is 1.28. The van der Waals surface area contributed by atoms with Gasteiger partial charge in [-0.25, -0.2) is 4.98 Å². The van der Waals surface area contributed by atoms with Crippen LogP contribution in [0.5, 0.6) is 0 Å². The van der Waals surface area contributed by atoms with Gasteiger partial charge in [-0.1, -0.05) is 23.7 Å². The molecule has 9 nitrogen and oxygen atoms in total. The van der Waals surface area contributed by atoms with E-state index in [0.29, 0.717) is 10.9 Å². The molecule has 0 bridgehead atoms. The van der Waals surface area contributed by atoms with E-state index in [0.717, 1.165) is 16.2 Å². The summed E-state index contributed by atoms with van der Waals surface area (Å²) >= 11 is 7.32. The fraction of sp³-hybridized carbons (Fsp3) is 0.100. The van der Waals surface area contributed by atoms with Crippen LogP contribution in [0.2, 0.25) is 5.02 Å². The van der Waals surface area contributed by atoms with E-state index in [-0.39, 0.29) is 27.8 Å². The van der Waals surface area contributed by atoms with Crippen molar-refractivity contribution in [2.75, 3.05) is 5.32 Å². The number of nitrogens with one attached hydrogen (secondary N) is 1. The number of fused-ring (bicyclic) bond motifs is 1. The van der Waals surface area contributed by atoms with Crippen LogP contribution in [0.1, 0.15) is 16.1 Å². The van der Waals surface area contributed by atoms with Crippen molar-refractivity contribution in [2.45, 2.75) is 6.18 Å². The molecule has 172 valence electrons. The van der Waals surface area contributed by atoms with Gasteiger partial charge in [0, 0.05) is 23.4 Å². The second-order valence-electron chi connectivity index (χ2n) is 7.05. The molecule has 4 heterocycles. The molecule has 14 heteroatoms. The summed E-state index contributed by atoms with van der Waals surface area (Å²) < 4.78 is 47.7. The zero-order chi connectivity index (χ0) is 24.0. The van der Waals surface area contributed by atoms with E-state index in [9.17, 15) is 18.0 Å². The summed E-state index contributed by atoms with van der Waals surface area (Å²) in [6, 6.07) is 6.14. The highest BCUT2D eigenvalue weighted by atomic mass is 35.5. The van der Waals surface area contributed by atoms with Gasteiger partial charge in [0.2, 0.25) is 0 Å². The van der Waals surface area contributed by atoms with Crippen LogP contribution in [0.4, 0.5) is 18.9 Å². The number of aromatic nitrogens is 7. The molecule has 4 aromatic heterocycles. The first kappa shape index (κ1) is 22.0. The third kappa shape index (κ3) is 3.78. The van der Waals surface area contributed by atoms with Crippen LogP contribution in [-0.4, -0.2) is 40.0 Å². The molecule has 1 N–H and O–H groups in total. The Balaban J connectivity index is 1.56. The standard InChI is InChI=1S/C20H12ClF3N8OS/c1-31-17(19(33)28-10-7-13(21)18(25-8-10)32-26-5-6-27-32)15(20(22,23)24)16(29-31)11-3-2-4-14-12(11)9-34-30-14/h2-9H,1H3,(H,28,33). The summed E-state index contributed by atoms with van der Waals surface area (Å²) in [5.41, 5.74) is -1.30. The molecule has 0 unspecified atom stereocenters. The Morgan fingerprint density at radius 2 is 1.97 bits per heavy atom. The fourth-order valence-corrected chi connectivity index (χ4v) is 4.42. The molecule has 0 aliphatic rings. The van der Waals surface area contributed by atoms with Crippen molar-refractivity contribution < 1.29 is 18.0 Å². The number of amides is 1. The monoisotopic (exact) mass is 504 g/mol. The van der Waals surface area contributed by atoms with Crippen LogP contribution < -0.4 is 5.32 Å². The molecule has 1 aromatic carbocycles. The molecule has 0 saturated carbocycles. The number of hydrogen-bond donors (Lipinski definition) is 1. The van der Waals surface area contributed by atoms with Crippen molar-refractivity contribution in [1.29, 1.82) is 0 Å². The van der Waals surface area contributed by atoms with E-state index in [1.165, 1.54) is 42.6 Å². The van der Waals surface area contributed by atoms with Crippen molar-refractivity contribution in [1.82, 2.24) is 34.1 Å². The number of aryl methyl sites for hydroxylation is 1. The molecular weight excluding hydrogens is 493 g/mol.